The standard InChI is InChI=1S/C11H13NOS/c1-12-11(13)14-9-5-8-10-6-3-2-4-7-10/h2-8H,9H2,1H3,(H,12,13)/b8-5+. The number of thioether (sulfide) groups is 1. The molecule has 74 valence electrons. The van der Waals surface area contributed by atoms with Crippen LogP contribution in [0.5, 0.6) is 0 Å². The minimum Gasteiger partial charge on any atom is -0.350 e. The van der Waals surface area contributed by atoms with Gasteiger partial charge < -0.3 is 5.32 Å². The van der Waals surface area contributed by atoms with Gasteiger partial charge in [-0.15, -0.1) is 0 Å². The average molecular weight is 207 g/mol. The third-order valence-corrected chi connectivity index (χ3v) is 2.45. The van der Waals surface area contributed by atoms with Crippen molar-refractivity contribution in [3.63, 3.8) is 0 Å². The molecule has 0 saturated carbocycles. The number of rotatable bonds is 3. The zero-order valence-electron chi connectivity index (χ0n) is 8.07. The third-order valence-electron chi connectivity index (χ3n) is 1.62. The van der Waals surface area contributed by atoms with Gasteiger partial charge in [-0.25, -0.2) is 0 Å². The first-order chi connectivity index (χ1) is 6.83. The van der Waals surface area contributed by atoms with Crippen LogP contribution < -0.4 is 5.32 Å². The van der Waals surface area contributed by atoms with Crippen LogP contribution in [0.1, 0.15) is 5.56 Å². The summed E-state index contributed by atoms with van der Waals surface area (Å²) in [6.07, 6.45) is 3.99. The number of hydrogen-bond donors (Lipinski definition) is 1. The second-order valence-corrected chi connectivity index (χ2v) is 3.65. The van der Waals surface area contributed by atoms with Crippen molar-refractivity contribution in [2.45, 2.75) is 0 Å². The summed E-state index contributed by atoms with van der Waals surface area (Å²) < 4.78 is 0. The Balaban J connectivity index is 2.31. The Hall–Kier alpha value is -1.22. The second kappa shape index (κ2) is 6.27. The molecule has 1 rings (SSSR count). The maximum absolute atomic E-state index is 10.8. The third kappa shape index (κ3) is 4.14. The first-order valence-corrected chi connectivity index (χ1v) is 5.37. The van der Waals surface area contributed by atoms with Crippen LogP contribution in [-0.2, 0) is 0 Å². The molecule has 1 amide bonds. The van der Waals surface area contributed by atoms with Crippen LogP contribution >= 0.6 is 11.8 Å². The van der Waals surface area contributed by atoms with Gasteiger partial charge >= 0.3 is 0 Å². The summed E-state index contributed by atoms with van der Waals surface area (Å²) in [5.74, 6) is 0.703. The van der Waals surface area contributed by atoms with Crippen molar-refractivity contribution >= 4 is 23.1 Å². The summed E-state index contributed by atoms with van der Waals surface area (Å²) in [6, 6.07) is 10.0. The molecule has 0 bridgehead atoms. The number of nitrogens with one attached hydrogen (secondary N) is 1. The Morgan fingerprint density at radius 3 is 2.79 bits per heavy atom. The average Bonchev–Trinajstić information content (AvgIpc) is 2.25. The van der Waals surface area contributed by atoms with Crippen molar-refractivity contribution in [3.8, 4) is 0 Å². The summed E-state index contributed by atoms with van der Waals surface area (Å²) in [4.78, 5) is 10.8. The van der Waals surface area contributed by atoms with Crippen LogP contribution in [0.2, 0.25) is 0 Å². The minimum atomic E-state index is 0.00251. The summed E-state index contributed by atoms with van der Waals surface area (Å²) in [7, 11) is 1.64. The Kier molecular flexibility index (Phi) is 4.86. The monoisotopic (exact) mass is 207 g/mol. The van der Waals surface area contributed by atoms with Gasteiger partial charge in [0.2, 0.25) is 0 Å². The van der Waals surface area contributed by atoms with Gasteiger partial charge in [0.15, 0.2) is 0 Å². The summed E-state index contributed by atoms with van der Waals surface area (Å²) in [5.41, 5.74) is 1.16. The highest BCUT2D eigenvalue weighted by molar-refractivity contribution is 8.13. The summed E-state index contributed by atoms with van der Waals surface area (Å²) in [6.45, 7) is 0. The number of carbonyl (C=O) groups excluding carboxylic acids is 1. The molecule has 3 heteroatoms. The highest BCUT2D eigenvalue weighted by atomic mass is 32.2. The van der Waals surface area contributed by atoms with E-state index in [1.807, 2.05) is 42.5 Å². The van der Waals surface area contributed by atoms with Gasteiger partial charge in [0, 0.05) is 12.8 Å². The lowest BCUT2D eigenvalue weighted by Gasteiger charge is -1.94. The fourth-order valence-corrected chi connectivity index (χ4v) is 1.43. The number of carbonyl (C=O) groups is 1. The number of amides is 1. The van der Waals surface area contributed by atoms with E-state index < -0.39 is 0 Å². The van der Waals surface area contributed by atoms with Crippen molar-refractivity contribution in [2.24, 2.45) is 0 Å². The van der Waals surface area contributed by atoms with Crippen molar-refractivity contribution in [1.29, 1.82) is 0 Å². The zero-order chi connectivity index (χ0) is 10.2. The van der Waals surface area contributed by atoms with E-state index in [1.54, 1.807) is 7.05 Å². The van der Waals surface area contributed by atoms with E-state index in [-0.39, 0.29) is 5.24 Å². The molecule has 0 spiro atoms. The Morgan fingerprint density at radius 2 is 2.14 bits per heavy atom. The van der Waals surface area contributed by atoms with E-state index in [4.69, 9.17) is 0 Å². The van der Waals surface area contributed by atoms with Gasteiger partial charge in [-0.2, -0.15) is 0 Å². The van der Waals surface area contributed by atoms with Gasteiger partial charge in [0.05, 0.1) is 0 Å². The van der Waals surface area contributed by atoms with Crippen molar-refractivity contribution in [1.82, 2.24) is 5.32 Å². The predicted molar refractivity (Wildman–Crippen MR) is 62.4 cm³/mol. The highest BCUT2D eigenvalue weighted by Crippen LogP contribution is 2.05. The molecule has 0 radical (unpaired) electrons. The van der Waals surface area contributed by atoms with Crippen molar-refractivity contribution in [3.05, 3.63) is 42.0 Å². The topological polar surface area (TPSA) is 29.1 Å². The van der Waals surface area contributed by atoms with Crippen LogP contribution in [0.15, 0.2) is 36.4 Å². The van der Waals surface area contributed by atoms with E-state index in [1.165, 1.54) is 11.8 Å². The highest BCUT2D eigenvalue weighted by Gasteiger charge is 1.93. The molecule has 0 aliphatic heterocycles. The first-order valence-electron chi connectivity index (χ1n) is 4.39. The lowest BCUT2D eigenvalue weighted by atomic mass is 10.2. The van der Waals surface area contributed by atoms with Crippen molar-refractivity contribution in [2.75, 3.05) is 12.8 Å². The van der Waals surface area contributed by atoms with Gasteiger partial charge in [0.1, 0.15) is 0 Å². The molecule has 0 aliphatic carbocycles. The van der Waals surface area contributed by atoms with Gasteiger partial charge in [0.25, 0.3) is 5.24 Å². The van der Waals surface area contributed by atoms with Gasteiger partial charge in [-0.1, -0.05) is 54.2 Å². The molecule has 0 aromatic heterocycles. The smallest absolute Gasteiger partial charge is 0.279 e. The molecule has 1 N–H and O–H groups in total. The minimum absolute atomic E-state index is 0.00251. The van der Waals surface area contributed by atoms with Crippen LogP contribution in [0.3, 0.4) is 0 Å². The quantitative estimate of drug-likeness (QED) is 0.825. The first kappa shape index (κ1) is 10.9. The van der Waals surface area contributed by atoms with E-state index in [2.05, 4.69) is 5.32 Å². The molecule has 0 aliphatic rings. The molecule has 0 saturated heterocycles. The fraction of sp³-hybridized carbons (Fsp3) is 0.182. The maximum atomic E-state index is 10.8. The Bertz CT molecular complexity index is 308. The molecular formula is C11H13NOS. The second-order valence-electron chi connectivity index (χ2n) is 2.66. The zero-order valence-corrected chi connectivity index (χ0v) is 8.88. The largest absolute Gasteiger partial charge is 0.350 e. The van der Waals surface area contributed by atoms with Crippen LogP contribution in [-0.4, -0.2) is 18.0 Å². The molecule has 14 heavy (non-hydrogen) atoms. The summed E-state index contributed by atoms with van der Waals surface area (Å²) >= 11 is 1.26. The van der Waals surface area contributed by atoms with E-state index >= 15 is 0 Å². The van der Waals surface area contributed by atoms with Gasteiger partial charge in [-0.05, 0) is 5.56 Å². The van der Waals surface area contributed by atoms with Gasteiger partial charge in [-0.3, -0.25) is 4.79 Å². The van der Waals surface area contributed by atoms with Crippen LogP contribution in [0, 0.1) is 0 Å². The van der Waals surface area contributed by atoms with Crippen LogP contribution in [0.25, 0.3) is 6.08 Å². The lowest BCUT2D eigenvalue weighted by Crippen LogP contribution is -2.11. The molecule has 2 nitrogen and oxygen atoms in total. The molecule has 0 atom stereocenters. The Morgan fingerprint density at radius 1 is 1.43 bits per heavy atom. The molecule has 1 aromatic carbocycles. The maximum Gasteiger partial charge on any atom is 0.279 e. The molecule has 0 heterocycles. The SMILES string of the molecule is CNC(=O)SC/C=C/c1ccccc1. The lowest BCUT2D eigenvalue weighted by molar-refractivity contribution is 0.262. The van der Waals surface area contributed by atoms with Crippen LogP contribution in [0.4, 0.5) is 4.79 Å². The van der Waals surface area contributed by atoms with E-state index in [9.17, 15) is 4.79 Å². The van der Waals surface area contributed by atoms with E-state index in [0.717, 1.165) is 5.56 Å². The molecule has 1 aromatic rings. The normalized spacial score (nSPS) is 10.4. The Labute approximate surface area is 88.4 Å². The molecule has 0 fully saturated rings. The van der Waals surface area contributed by atoms with Crippen molar-refractivity contribution < 1.29 is 4.79 Å². The number of hydrogen-bond acceptors (Lipinski definition) is 2. The molecule has 0 unspecified atom stereocenters. The van der Waals surface area contributed by atoms with E-state index in [0.29, 0.717) is 5.75 Å². The number of benzene rings is 1. The summed E-state index contributed by atoms with van der Waals surface area (Å²) in [5, 5.41) is 2.56. The fourth-order valence-electron chi connectivity index (χ4n) is 0.944. The molecular weight excluding hydrogens is 194 g/mol. The predicted octanol–water partition coefficient (Wildman–Crippen LogP) is 2.77.